The average molecular weight is 653 g/mol. The zero-order valence-corrected chi connectivity index (χ0v) is 25.1. The van der Waals surface area contributed by atoms with Gasteiger partial charge < -0.3 is 9.73 Å². The largest absolute Gasteiger partial charge is 0.444 e. The van der Waals surface area contributed by atoms with E-state index in [1.165, 1.54) is 24.3 Å². The van der Waals surface area contributed by atoms with Crippen LogP contribution in [0.5, 0.6) is 0 Å². The van der Waals surface area contributed by atoms with Gasteiger partial charge in [-0.3, -0.25) is 9.10 Å². The van der Waals surface area contributed by atoms with Gasteiger partial charge >= 0.3 is 6.18 Å². The maximum absolute atomic E-state index is 13.9. The van der Waals surface area contributed by atoms with Gasteiger partial charge in [0.2, 0.25) is 11.8 Å². The lowest BCUT2D eigenvalue weighted by atomic mass is 10.1. The van der Waals surface area contributed by atoms with E-state index in [9.17, 15) is 26.4 Å². The first-order chi connectivity index (χ1) is 20.4. The third kappa shape index (κ3) is 6.84. The highest BCUT2D eigenvalue weighted by Crippen LogP contribution is 2.41. The minimum absolute atomic E-state index is 0.00448. The smallest absolute Gasteiger partial charge is 0.416 e. The Bertz CT molecular complexity index is 1740. The highest BCUT2D eigenvalue weighted by molar-refractivity contribution is 7.93. The SMILES string of the molecule is CCC(C(=O)NCc1cccc(-c2nc(C3CC3)co2)c1)N(c1cc(C(F)(F)F)ccc1Cl)S(=O)(=O)c1ccc(Cl)cc1. The molecule has 0 radical (unpaired) electrons. The molecule has 0 saturated heterocycles. The van der Waals surface area contributed by atoms with Gasteiger partial charge in [0.25, 0.3) is 10.0 Å². The molecule has 7 nitrogen and oxygen atoms in total. The Morgan fingerprint density at radius 3 is 2.47 bits per heavy atom. The number of carbonyl (C=O) groups is 1. The van der Waals surface area contributed by atoms with Gasteiger partial charge in [0.15, 0.2) is 0 Å². The Morgan fingerprint density at radius 2 is 1.81 bits per heavy atom. The third-order valence-electron chi connectivity index (χ3n) is 7.01. The number of alkyl halides is 3. The van der Waals surface area contributed by atoms with Gasteiger partial charge in [0.1, 0.15) is 12.3 Å². The lowest BCUT2D eigenvalue weighted by molar-refractivity contribution is -0.137. The summed E-state index contributed by atoms with van der Waals surface area (Å²) in [7, 11) is -4.60. The predicted molar refractivity (Wildman–Crippen MR) is 157 cm³/mol. The normalized spacial score (nSPS) is 14.4. The summed E-state index contributed by atoms with van der Waals surface area (Å²) in [5.41, 5.74) is 0.677. The van der Waals surface area contributed by atoms with Crippen LogP contribution in [0.1, 0.15) is 48.9 Å². The number of benzene rings is 3. The summed E-state index contributed by atoms with van der Waals surface area (Å²) >= 11 is 12.2. The van der Waals surface area contributed by atoms with Crippen LogP contribution in [0.2, 0.25) is 10.0 Å². The third-order valence-corrected chi connectivity index (χ3v) is 9.42. The van der Waals surface area contributed by atoms with E-state index in [1.54, 1.807) is 31.4 Å². The van der Waals surface area contributed by atoms with Crippen LogP contribution in [0.15, 0.2) is 82.3 Å². The van der Waals surface area contributed by atoms with Gasteiger partial charge in [-0.1, -0.05) is 42.3 Å². The number of nitrogens with zero attached hydrogens (tertiary/aromatic N) is 2. The first-order valence-corrected chi connectivity index (χ1v) is 15.6. The number of amides is 1. The molecule has 1 aliphatic rings. The number of nitrogens with one attached hydrogen (secondary N) is 1. The quantitative estimate of drug-likeness (QED) is 0.189. The Morgan fingerprint density at radius 1 is 1.09 bits per heavy atom. The van der Waals surface area contributed by atoms with Crippen molar-refractivity contribution in [2.24, 2.45) is 0 Å². The number of anilines is 1. The van der Waals surface area contributed by atoms with Crippen LogP contribution in [0, 0.1) is 0 Å². The first-order valence-electron chi connectivity index (χ1n) is 13.4. The fourth-order valence-electron chi connectivity index (χ4n) is 4.61. The fourth-order valence-corrected chi connectivity index (χ4v) is 6.69. The molecule has 1 saturated carbocycles. The van der Waals surface area contributed by atoms with Crippen molar-refractivity contribution >= 4 is 44.8 Å². The topological polar surface area (TPSA) is 92.5 Å². The molecule has 1 aliphatic carbocycles. The minimum atomic E-state index is -4.79. The highest BCUT2D eigenvalue weighted by Gasteiger charge is 2.39. The summed E-state index contributed by atoms with van der Waals surface area (Å²) in [6.45, 7) is 1.56. The van der Waals surface area contributed by atoms with Gasteiger partial charge in [-0.2, -0.15) is 13.2 Å². The minimum Gasteiger partial charge on any atom is -0.444 e. The van der Waals surface area contributed by atoms with Crippen molar-refractivity contribution in [3.63, 3.8) is 0 Å². The standard InChI is InChI=1S/C30H26Cl2F3N3O4S/c1-2-26(28(39)36-16-18-4-3-5-20(14-18)29-37-25(17-42-29)19-6-7-19)38(43(40,41)23-11-9-22(31)10-12-23)27-15-21(30(33,34)35)8-13-24(27)32/h3-5,8-15,17,19,26H,2,6-7,16H2,1H3,(H,36,39). The van der Waals surface area contributed by atoms with Crippen LogP contribution in [0.3, 0.4) is 0 Å². The Labute approximate surface area is 256 Å². The second kappa shape index (κ2) is 12.2. The molecule has 0 bridgehead atoms. The zero-order chi connectivity index (χ0) is 30.9. The molecule has 1 aromatic heterocycles. The molecule has 0 aliphatic heterocycles. The van der Waals surface area contributed by atoms with Gasteiger partial charge in [-0.15, -0.1) is 0 Å². The summed E-state index contributed by atoms with van der Waals surface area (Å²) in [6, 6.07) is 13.1. The Balaban J connectivity index is 1.46. The molecular formula is C30H26Cl2F3N3O4S. The lowest BCUT2D eigenvalue weighted by Gasteiger charge is -2.32. The van der Waals surface area contributed by atoms with E-state index in [0.29, 0.717) is 33.3 Å². The van der Waals surface area contributed by atoms with E-state index in [2.05, 4.69) is 10.3 Å². The molecule has 3 aromatic carbocycles. The first kappa shape index (κ1) is 30.9. The number of hydrogen-bond acceptors (Lipinski definition) is 5. The van der Waals surface area contributed by atoms with Crippen LogP contribution in [-0.2, 0) is 27.5 Å². The number of aromatic nitrogens is 1. The summed E-state index contributed by atoms with van der Waals surface area (Å²) < 4.78 is 75.1. The second-order valence-electron chi connectivity index (χ2n) is 10.1. The van der Waals surface area contributed by atoms with Crippen LogP contribution in [0.4, 0.5) is 18.9 Å². The molecule has 5 rings (SSSR count). The van der Waals surface area contributed by atoms with Crippen LogP contribution < -0.4 is 9.62 Å². The van der Waals surface area contributed by atoms with E-state index in [1.807, 2.05) is 6.07 Å². The molecule has 4 aromatic rings. The van der Waals surface area contributed by atoms with E-state index < -0.39 is 39.4 Å². The molecule has 1 amide bonds. The molecule has 0 spiro atoms. The van der Waals surface area contributed by atoms with E-state index in [0.717, 1.165) is 30.7 Å². The monoisotopic (exact) mass is 651 g/mol. The zero-order valence-electron chi connectivity index (χ0n) is 22.7. The van der Waals surface area contributed by atoms with Crippen molar-refractivity contribution in [2.75, 3.05) is 4.31 Å². The van der Waals surface area contributed by atoms with Gasteiger partial charge in [0, 0.05) is 23.0 Å². The lowest BCUT2D eigenvalue weighted by Crippen LogP contribution is -2.49. The maximum Gasteiger partial charge on any atom is 0.416 e. The van der Waals surface area contributed by atoms with Crippen molar-refractivity contribution in [1.29, 1.82) is 0 Å². The fraction of sp³-hybridized carbons (Fsp3) is 0.267. The molecule has 13 heteroatoms. The van der Waals surface area contributed by atoms with Crippen molar-refractivity contribution in [3.05, 3.63) is 99.9 Å². The van der Waals surface area contributed by atoms with Crippen LogP contribution >= 0.6 is 23.2 Å². The molecule has 1 N–H and O–H groups in total. The van der Waals surface area contributed by atoms with Crippen molar-refractivity contribution in [1.82, 2.24) is 10.3 Å². The molecule has 226 valence electrons. The molecule has 1 unspecified atom stereocenters. The number of sulfonamides is 1. The number of carbonyl (C=O) groups excluding carboxylic acids is 1. The second-order valence-corrected chi connectivity index (χ2v) is 12.8. The van der Waals surface area contributed by atoms with E-state index in [-0.39, 0.29) is 27.9 Å². The predicted octanol–water partition coefficient (Wildman–Crippen LogP) is 7.83. The van der Waals surface area contributed by atoms with Crippen LogP contribution in [0.25, 0.3) is 11.5 Å². The van der Waals surface area contributed by atoms with Gasteiger partial charge in [-0.25, -0.2) is 13.4 Å². The van der Waals surface area contributed by atoms with Crippen molar-refractivity contribution < 1.29 is 30.8 Å². The molecular weight excluding hydrogens is 626 g/mol. The number of rotatable bonds is 10. The van der Waals surface area contributed by atoms with Crippen molar-refractivity contribution in [3.8, 4) is 11.5 Å². The van der Waals surface area contributed by atoms with Gasteiger partial charge in [-0.05, 0) is 79.4 Å². The number of halogens is 5. The number of hydrogen-bond donors (Lipinski definition) is 1. The highest BCUT2D eigenvalue weighted by atomic mass is 35.5. The Hall–Kier alpha value is -3.54. The summed E-state index contributed by atoms with van der Waals surface area (Å²) in [4.78, 5) is 17.9. The number of oxazole rings is 1. The molecule has 1 fully saturated rings. The summed E-state index contributed by atoms with van der Waals surface area (Å²) in [5, 5.41) is 2.70. The van der Waals surface area contributed by atoms with E-state index in [4.69, 9.17) is 27.6 Å². The van der Waals surface area contributed by atoms with Crippen LogP contribution in [-0.4, -0.2) is 25.4 Å². The van der Waals surface area contributed by atoms with E-state index >= 15 is 0 Å². The molecule has 43 heavy (non-hydrogen) atoms. The summed E-state index contributed by atoms with van der Waals surface area (Å²) in [5.74, 6) is 0.135. The molecule has 1 heterocycles. The Kier molecular flexibility index (Phi) is 8.78. The van der Waals surface area contributed by atoms with Crippen molar-refractivity contribution in [2.45, 2.75) is 55.8 Å². The summed E-state index contributed by atoms with van der Waals surface area (Å²) in [6.07, 6.45) is -1.07. The maximum atomic E-state index is 13.9. The molecule has 1 atom stereocenters. The van der Waals surface area contributed by atoms with Gasteiger partial charge in [0.05, 0.1) is 26.9 Å². The average Bonchev–Trinajstić information content (AvgIpc) is 3.70.